The quantitative estimate of drug-likeness (QED) is 0.867. The second-order valence-electron chi connectivity index (χ2n) is 4.05. The van der Waals surface area contributed by atoms with Crippen LogP contribution >= 0.6 is 15.9 Å². The fourth-order valence-corrected chi connectivity index (χ4v) is 1.95. The van der Waals surface area contributed by atoms with Crippen molar-refractivity contribution in [2.75, 3.05) is 5.73 Å². The third kappa shape index (κ3) is 2.87. The van der Waals surface area contributed by atoms with Gasteiger partial charge in [0, 0.05) is 0 Å². The van der Waals surface area contributed by atoms with E-state index in [1.807, 2.05) is 0 Å². The lowest BCUT2D eigenvalue weighted by Crippen LogP contribution is -2.07. The van der Waals surface area contributed by atoms with Gasteiger partial charge in [-0.1, -0.05) is 12.1 Å². The maximum Gasteiger partial charge on any atom is 0.419 e. The van der Waals surface area contributed by atoms with Gasteiger partial charge in [0.25, 0.3) is 0 Å². The van der Waals surface area contributed by atoms with Gasteiger partial charge in [0.05, 0.1) is 21.9 Å². The van der Waals surface area contributed by atoms with Crippen LogP contribution in [0.1, 0.15) is 11.1 Å². The van der Waals surface area contributed by atoms with Crippen molar-refractivity contribution in [1.29, 1.82) is 0 Å². The molecule has 3 nitrogen and oxygen atoms in total. The Kier molecular flexibility index (Phi) is 3.89. The van der Waals surface area contributed by atoms with Crippen molar-refractivity contribution >= 4 is 21.6 Å². The molecular formula is C13H10BrF3N2O. The van der Waals surface area contributed by atoms with Gasteiger partial charge in [-0.3, -0.25) is 0 Å². The van der Waals surface area contributed by atoms with Crippen molar-refractivity contribution in [2.45, 2.75) is 13.1 Å². The molecule has 0 fully saturated rings. The highest BCUT2D eigenvalue weighted by atomic mass is 79.9. The van der Waals surface area contributed by atoms with Crippen LogP contribution in [0.15, 0.2) is 34.9 Å². The molecular weight excluding hydrogens is 337 g/mol. The smallest absolute Gasteiger partial charge is 0.419 e. The molecule has 1 heterocycles. The van der Waals surface area contributed by atoms with E-state index in [1.54, 1.807) is 6.92 Å². The lowest BCUT2D eigenvalue weighted by Gasteiger charge is -2.14. The minimum Gasteiger partial charge on any atom is -0.437 e. The molecule has 0 aliphatic carbocycles. The number of ether oxygens (including phenoxy) is 1. The van der Waals surface area contributed by atoms with E-state index in [1.165, 1.54) is 24.4 Å². The highest BCUT2D eigenvalue weighted by Crippen LogP contribution is 2.39. The number of benzene rings is 1. The molecule has 2 aromatic rings. The van der Waals surface area contributed by atoms with Crippen LogP contribution in [0.25, 0.3) is 0 Å². The minimum absolute atomic E-state index is 0.0356. The first-order chi connectivity index (χ1) is 9.30. The first-order valence-corrected chi connectivity index (χ1v) is 6.34. The van der Waals surface area contributed by atoms with Crippen molar-refractivity contribution in [3.8, 4) is 11.6 Å². The molecule has 1 aromatic heterocycles. The van der Waals surface area contributed by atoms with Crippen molar-refractivity contribution in [2.24, 2.45) is 0 Å². The molecule has 2 rings (SSSR count). The summed E-state index contributed by atoms with van der Waals surface area (Å²) in [6, 6.07) is 4.95. The predicted molar refractivity (Wildman–Crippen MR) is 72.6 cm³/mol. The lowest BCUT2D eigenvalue weighted by molar-refractivity contribution is -0.138. The molecule has 7 heteroatoms. The number of hydrogen-bond donors (Lipinski definition) is 1. The van der Waals surface area contributed by atoms with Gasteiger partial charge < -0.3 is 10.5 Å². The number of anilines is 1. The Bertz CT molecular complexity index is 644. The molecule has 20 heavy (non-hydrogen) atoms. The standard InChI is InChI=1S/C13H10BrF3N2O/c1-7-9(18)6-19-12(11(7)14)20-10-5-3-2-4-8(10)13(15,16)17/h2-6H,18H2,1H3. The van der Waals surface area contributed by atoms with Crippen molar-refractivity contribution < 1.29 is 17.9 Å². The van der Waals surface area contributed by atoms with E-state index in [-0.39, 0.29) is 11.6 Å². The summed E-state index contributed by atoms with van der Waals surface area (Å²) in [5.41, 5.74) is 5.87. The topological polar surface area (TPSA) is 48.1 Å². The van der Waals surface area contributed by atoms with Crippen molar-refractivity contribution in [3.05, 3.63) is 46.1 Å². The third-order valence-corrected chi connectivity index (χ3v) is 3.60. The average molecular weight is 347 g/mol. The van der Waals surface area contributed by atoms with E-state index in [2.05, 4.69) is 20.9 Å². The SMILES string of the molecule is Cc1c(N)cnc(Oc2ccccc2C(F)(F)F)c1Br. The molecule has 0 amide bonds. The molecule has 2 N–H and O–H groups in total. The summed E-state index contributed by atoms with van der Waals surface area (Å²) < 4.78 is 44.3. The first kappa shape index (κ1) is 14.6. The molecule has 106 valence electrons. The summed E-state index contributed by atoms with van der Waals surface area (Å²) in [7, 11) is 0. The van der Waals surface area contributed by atoms with E-state index < -0.39 is 11.7 Å². The van der Waals surface area contributed by atoms with Gasteiger partial charge in [0.15, 0.2) is 0 Å². The summed E-state index contributed by atoms with van der Waals surface area (Å²) in [6.45, 7) is 1.71. The van der Waals surface area contributed by atoms with Crippen LogP contribution in [0, 0.1) is 6.92 Å². The molecule has 0 saturated carbocycles. The molecule has 0 atom stereocenters. The molecule has 0 spiro atoms. The molecule has 0 aliphatic rings. The average Bonchev–Trinajstić information content (AvgIpc) is 2.39. The molecule has 0 saturated heterocycles. The zero-order valence-corrected chi connectivity index (χ0v) is 11.9. The van der Waals surface area contributed by atoms with Gasteiger partial charge in [-0.25, -0.2) is 4.98 Å². The highest BCUT2D eigenvalue weighted by molar-refractivity contribution is 9.10. The normalized spacial score (nSPS) is 11.4. The monoisotopic (exact) mass is 346 g/mol. The number of alkyl halides is 3. The second-order valence-corrected chi connectivity index (χ2v) is 4.85. The second kappa shape index (κ2) is 5.32. The Balaban J connectivity index is 2.44. The summed E-state index contributed by atoms with van der Waals surface area (Å²) in [6.07, 6.45) is -3.16. The Morgan fingerprint density at radius 2 is 1.90 bits per heavy atom. The lowest BCUT2D eigenvalue weighted by atomic mass is 10.2. The summed E-state index contributed by atoms with van der Waals surface area (Å²) in [5, 5.41) is 0. The number of halogens is 4. The number of aromatic nitrogens is 1. The van der Waals surface area contributed by atoms with Crippen LogP contribution in [0.4, 0.5) is 18.9 Å². The number of nitrogen functional groups attached to an aromatic ring is 1. The fraction of sp³-hybridized carbons (Fsp3) is 0.154. The van der Waals surface area contributed by atoms with Crippen LogP contribution in [0.5, 0.6) is 11.6 Å². The fourth-order valence-electron chi connectivity index (χ4n) is 1.53. The maximum absolute atomic E-state index is 12.9. The van der Waals surface area contributed by atoms with E-state index in [4.69, 9.17) is 10.5 Å². The van der Waals surface area contributed by atoms with Crippen LogP contribution in [-0.4, -0.2) is 4.98 Å². The zero-order chi connectivity index (χ0) is 14.9. The number of rotatable bonds is 2. The summed E-state index contributed by atoms with van der Waals surface area (Å²) >= 11 is 3.21. The van der Waals surface area contributed by atoms with E-state index in [9.17, 15) is 13.2 Å². The van der Waals surface area contributed by atoms with Gasteiger partial charge in [0.2, 0.25) is 5.88 Å². The Labute approximate surface area is 121 Å². The molecule has 1 aromatic carbocycles. The zero-order valence-electron chi connectivity index (χ0n) is 10.3. The van der Waals surface area contributed by atoms with Crippen LogP contribution in [-0.2, 0) is 6.18 Å². The molecule has 0 aliphatic heterocycles. The number of nitrogens with zero attached hydrogens (tertiary/aromatic N) is 1. The largest absolute Gasteiger partial charge is 0.437 e. The molecule has 0 unspecified atom stereocenters. The van der Waals surface area contributed by atoms with Gasteiger partial charge in [-0.15, -0.1) is 0 Å². The van der Waals surface area contributed by atoms with Crippen LogP contribution in [0.2, 0.25) is 0 Å². The first-order valence-electron chi connectivity index (χ1n) is 5.55. The number of pyridine rings is 1. The maximum atomic E-state index is 12.9. The van der Waals surface area contributed by atoms with Gasteiger partial charge in [-0.05, 0) is 40.5 Å². The summed E-state index contributed by atoms with van der Waals surface area (Å²) in [4.78, 5) is 3.90. The Hall–Kier alpha value is -1.76. The van der Waals surface area contributed by atoms with Crippen LogP contribution in [0.3, 0.4) is 0 Å². The van der Waals surface area contributed by atoms with Gasteiger partial charge >= 0.3 is 6.18 Å². The van der Waals surface area contributed by atoms with E-state index in [0.29, 0.717) is 15.7 Å². The van der Waals surface area contributed by atoms with Crippen molar-refractivity contribution in [1.82, 2.24) is 4.98 Å². The van der Waals surface area contributed by atoms with E-state index in [0.717, 1.165) is 6.07 Å². The predicted octanol–water partition coefficient (Wildman–Crippen LogP) is 4.55. The summed E-state index contributed by atoms with van der Waals surface area (Å²) in [5.74, 6) is -0.272. The third-order valence-electron chi connectivity index (χ3n) is 2.67. The van der Waals surface area contributed by atoms with Gasteiger partial charge in [0.1, 0.15) is 5.75 Å². The molecule has 0 radical (unpaired) electrons. The van der Waals surface area contributed by atoms with E-state index >= 15 is 0 Å². The van der Waals surface area contributed by atoms with Crippen LogP contribution < -0.4 is 10.5 Å². The number of hydrogen-bond acceptors (Lipinski definition) is 3. The van der Waals surface area contributed by atoms with Crippen molar-refractivity contribution in [3.63, 3.8) is 0 Å². The Morgan fingerprint density at radius 3 is 2.55 bits per heavy atom. The molecule has 0 bridgehead atoms. The Morgan fingerprint density at radius 1 is 1.25 bits per heavy atom. The number of para-hydroxylation sites is 1. The number of nitrogens with two attached hydrogens (primary N) is 1. The minimum atomic E-state index is -4.49. The van der Waals surface area contributed by atoms with Gasteiger partial charge in [-0.2, -0.15) is 13.2 Å². The highest BCUT2D eigenvalue weighted by Gasteiger charge is 2.34.